The third kappa shape index (κ3) is 3.78. The molecule has 0 radical (unpaired) electrons. The van der Waals surface area contributed by atoms with Crippen molar-refractivity contribution >= 4 is 32.6 Å². The van der Waals surface area contributed by atoms with E-state index in [-0.39, 0.29) is 10.6 Å². The molecule has 2 aromatic carbocycles. The Morgan fingerprint density at radius 1 is 1.04 bits per heavy atom. The number of hydrogen-bond acceptors (Lipinski definition) is 7. The van der Waals surface area contributed by atoms with Crippen LogP contribution in [0.4, 0.5) is 22.7 Å². The third-order valence-electron chi connectivity index (χ3n) is 3.20. The molecule has 0 atom stereocenters. The molecule has 8 heteroatoms. The Morgan fingerprint density at radius 2 is 1.70 bits per heavy atom. The van der Waals surface area contributed by atoms with Crippen LogP contribution in [0.1, 0.15) is 5.56 Å². The summed E-state index contributed by atoms with van der Waals surface area (Å²) in [6.45, 7) is 1.82. The molecule has 4 N–H and O–H groups in total. The lowest BCUT2D eigenvalue weighted by molar-refractivity contribution is 0.417. The number of nitrogens with two attached hydrogens (primary N) is 2. The zero-order valence-electron chi connectivity index (χ0n) is 13.1. The van der Waals surface area contributed by atoms with E-state index in [1.807, 2.05) is 6.92 Å². The number of methoxy groups -OCH3 is 1. The first-order chi connectivity index (χ1) is 10.7. The van der Waals surface area contributed by atoms with Crippen molar-refractivity contribution in [1.82, 2.24) is 0 Å². The fourth-order valence-corrected chi connectivity index (χ4v) is 2.84. The lowest BCUT2D eigenvalue weighted by Gasteiger charge is -2.08. The maximum atomic E-state index is 11.8. The molecule has 7 nitrogen and oxygen atoms in total. The van der Waals surface area contributed by atoms with Gasteiger partial charge in [0.1, 0.15) is 11.4 Å². The van der Waals surface area contributed by atoms with Gasteiger partial charge in [-0.1, -0.05) is 0 Å². The second-order valence-corrected chi connectivity index (χ2v) is 7.06. The van der Waals surface area contributed by atoms with E-state index in [0.29, 0.717) is 22.8 Å². The van der Waals surface area contributed by atoms with Gasteiger partial charge in [0.15, 0.2) is 9.84 Å². The molecule has 0 amide bonds. The smallest absolute Gasteiger partial charge is 0.177 e. The first-order valence-electron chi connectivity index (χ1n) is 6.68. The lowest BCUT2D eigenvalue weighted by atomic mass is 10.1. The zero-order chi connectivity index (χ0) is 17.2. The summed E-state index contributed by atoms with van der Waals surface area (Å²) in [6, 6.07) is 7.80. The van der Waals surface area contributed by atoms with Crippen LogP contribution in [0.25, 0.3) is 0 Å². The van der Waals surface area contributed by atoms with Crippen LogP contribution in [0.2, 0.25) is 0 Å². The van der Waals surface area contributed by atoms with Gasteiger partial charge in [-0.05, 0) is 36.8 Å². The van der Waals surface area contributed by atoms with Crippen molar-refractivity contribution in [2.75, 3.05) is 24.8 Å². The van der Waals surface area contributed by atoms with E-state index < -0.39 is 9.84 Å². The van der Waals surface area contributed by atoms with Crippen LogP contribution in [0.5, 0.6) is 5.75 Å². The molecule has 0 unspecified atom stereocenters. The fraction of sp³-hybridized carbons (Fsp3) is 0.200. The number of nitrogens with zero attached hydrogens (tertiary/aromatic N) is 2. The standard InChI is InChI=1S/C15H18N4O3S/c1-9-6-11(17)14(22-2)8-13(9)19-18-12-5-4-10(16)7-15(12)23(3,20)21/h4-8H,16-17H2,1-3H3/b19-18+. The zero-order valence-corrected chi connectivity index (χ0v) is 13.9. The average Bonchev–Trinajstić information content (AvgIpc) is 2.46. The number of ether oxygens (including phenoxy) is 1. The highest BCUT2D eigenvalue weighted by atomic mass is 32.2. The number of nitrogen functional groups attached to an aromatic ring is 2. The van der Waals surface area contributed by atoms with Crippen LogP contribution in [-0.2, 0) is 9.84 Å². The molecule has 122 valence electrons. The SMILES string of the molecule is COc1cc(/N=N/c2ccc(N)cc2S(C)(=O)=O)c(C)cc1N. The summed E-state index contributed by atoms with van der Waals surface area (Å²) in [4.78, 5) is 0.0290. The van der Waals surface area contributed by atoms with Crippen molar-refractivity contribution in [3.05, 3.63) is 35.9 Å². The van der Waals surface area contributed by atoms with Crippen molar-refractivity contribution in [1.29, 1.82) is 0 Å². The summed E-state index contributed by atoms with van der Waals surface area (Å²) >= 11 is 0. The van der Waals surface area contributed by atoms with Crippen molar-refractivity contribution in [2.24, 2.45) is 10.2 Å². The van der Waals surface area contributed by atoms with E-state index in [1.54, 1.807) is 18.2 Å². The van der Waals surface area contributed by atoms with E-state index in [1.165, 1.54) is 19.2 Å². The fourth-order valence-electron chi connectivity index (χ4n) is 2.00. The minimum Gasteiger partial charge on any atom is -0.495 e. The largest absolute Gasteiger partial charge is 0.495 e. The van der Waals surface area contributed by atoms with E-state index in [9.17, 15) is 8.42 Å². The van der Waals surface area contributed by atoms with Gasteiger partial charge in [-0.2, -0.15) is 5.11 Å². The van der Waals surface area contributed by atoms with Crippen LogP contribution in [0.3, 0.4) is 0 Å². The maximum Gasteiger partial charge on any atom is 0.177 e. The van der Waals surface area contributed by atoms with Crippen LogP contribution in [-0.4, -0.2) is 21.8 Å². The van der Waals surface area contributed by atoms with E-state index in [0.717, 1.165) is 11.8 Å². The molecular formula is C15H18N4O3S. The molecule has 23 heavy (non-hydrogen) atoms. The summed E-state index contributed by atoms with van der Waals surface area (Å²) in [5.74, 6) is 0.477. The number of azo groups is 1. The van der Waals surface area contributed by atoms with Crippen LogP contribution >= 0.6 is 0 Å². The van der Waals surface area contributed by atoms with Gasteiger partial charge in [0.25, 0.3) is 0 Å². The maximum absolute atomic E-state index is 11.8. The van der Waals surface area contributed by atoms with Gasteiger partial charge in [-0.15, -0.1) is 5.11 Å². The second-order valence-electron chi connectivity index (χ2n) is 5.08. The van der Waals surface area contributed by atoms with Crippen molar-refractivity contribution in [3.8, 4) is 5.75 Å². The monoisotopic (exact) mass is 334 g/mol. The number of anilines is 2. The Morgan fingerprint density at radius 3 is 2.30 bits per heavy atom. The van der Waals surface area contributed by atoms with Gasteiger partial charge in [-0.25, -0.2) is 8.42 Å². The molecule has 0 bridgehead atoms. The van der Waals surface area contributed by atoms with E-state index >= 15 is 0 Å². The molecule has 0 aliphatic rings. The summed E-state index contributed by atoms with van der Waals surface area (Å²) in [5.41, 5.74) is 13.8. The molecule has 0 aromatic heterocycles. The molecule has 0 aliphatic heterocycles. The molecule has 0 fully saturated rings. The minimum absolute atomic E-state index is 0.0290. The molecule has 0 saturated carbocycles. The normalized spacial score (nSPS) is 11.8. The Labute approximate surface area is 134 Å². The van der Waals surface area contributed by atoms with Crippen molar-refractivity contribution in [3.63, 3.8) is 0 Å². The third-order valence-corrected chi connectivity index (χ3v) is 4.32. The molecule has 0 spiro atoms. The van der Waals surface area contributed by atoms with Gasteiger partial charge in [-0.3, -0.25) is 0 Å². The molecule has 2 aromatic rings. The quantitative estimate of drug-likeness (QED) is 0.658. The predicted octanol–water partition coefficient (Wildman–Crippen LogP) is 2.99. The first-order valence-corrected chi connectivity index (χ1v) is 8.57. The van der Waals surface area contributed by atoms with Gasteiger partial charge in [0.2, 0.25) is 0 Å². The number of rotatable bonds is 4. The summed E-state index contributed by atoms with van der Waals surface area (Å²) in [6.07, 6.45) is 1.10. The van der Waals surface area contributed by atoms with Gasteiger partial charge < -0.3 is 16.2 Å². The van der Waals surface area contributed by atoms with Gasteiger partial charge in [0.05, 0.1) is 23.4 Å². The summed E-state index contributed by atoms with van der Waals surface area (Å²) in [5, 5.41) is 8.16. The highest BCUT2D eigenvalue weighted by molar-refractivity contribution is 7.90. The number of hydrogen-bond donors (Lipinski definition) is 2. The minimum atomic E-state index is -3.47. The Kier molecular flexibility index (Phi) is 4.55. The predicted molar refractivity (Wildman–Crippen MR) is 90.3 cm³/mol. The van der Waals surface area contributed by atoms with Crippen LogP contribution < -0.4 is 16.2 Å². The molecule has 0 saturated heterocycles. The molecular weight excluding hydrogens is 316 g/mol. The highest BCUT2D eigenvalue weighted by Gasteiger charge is 2.14. The van der Waals surface area contributed by atoms with Crippen LogP contribution in [0, 0.1) is 6.92 Å². The molecule has 0 heterocycles. The first kappa shape index (κ1) is 16.8. The Hall–Kier alpha value is -2.61. The Bertz CT molecular complexity index is 877. The van der Waals surface area contributed by atoms with Gasteiger partial charge in [0, 0.05) is 18.0 Å². The van der Waals surface area contributed by atoms with E-state index in [2.05, 4.69) is 10.2 Å². The van der Waals surface area contributed by atoms with Crippen LogP contribution in [0.15, 0.2) is 45.5 Å². The van der Waals surface area contributed by atoms with Crippen molar-refractivity contribution < 1.29 is 13.2 Å². The van der Waals surface area contributed by atoms with E-state index in [4.69, 9.17) is 16.2 Å². The molecule has 2 rings (SSSR count). The van der Waals surface area contributed by atoms with Gasteiger partial charge >= 0.3 is 0 Å². The van der Waals surface area contributed by atoms with Crippen molar-refractivity contribution in [2.45, 2.75) is 11.8 Å². The molecule has 0 aliphatic carbocycles. The topological polar surface area (TPSA) is 120 Å². The summed E-state index contributed by atoms with van der Waals surface area (Å²) < 4.78 is 28.8. The number of sulfone groups is 1. The Balaban J connectivity index is 2.50. The average molecular weight is 334 g/mol. The lowest BCUT2D eigenvalue weighted by Crippen LogP contribution is -1.98. The highest BCUT2D eigenvalue weighted by Crippen LogP contribution is 2.33. The summed E-state index contributed by atoms with van der Waals surface area (Å²) in [7, 11) is -1.96. The number of benzene rings is 2. The number of aryl methyl sites for hydroxylation is 1. The second kappa shape index (κ2) is 6.25.